The van der Waals surface area contributed by atoms with Crippen molar-refractivity contribution in [3.05, 3.63) is 91.1 Å². The molecule has 0 amide bonds. The lowest BCUT2D eigenvalue weighted by Gasteiger charge is -2.06. The van der Waals surface area contributed by atoms with Gasteiger partial charge in [0.15, 0.2) is 0 Å². The molecule has 33 heavy (non-hydrogen) atoms. The maximum atomic E-state index is 5.13. The summed E-state index contributed by atoms with van der Waals surface area (Å²) in [6.45, 7) is 0. The molecule has 0 spiro atoms. The van der Waals surface area contributed by atoms with Gasteiger partial charge in [0.05, 0.1) is 32.1 Å². The van der Waals surface area contributed by atoms with Crippen LogP contribution in [-0.2, 0) is 0 Å². The van der Waals surface area contributed by atoms with E-state index in [9.17, 15) is 0 Å². The van der Waals surface area contributed by atoms with Gasteiger partial charge in [-0.15, -0.1) is 22.7 Å². The van der Waals surface area contributed by atoms with Crippen LogP contribution in [-0.4, -0.2) is 14.5 Å². The highest BCUT2D eigenvalue weighted by molar-refractivity contribution is 7.26. The molecule has 4 aromatic heterocycles. The summed E-state index contributed by atoms with van der Waals surface area (Å²) < 4.78 is 7.20. The zero-order valence-corrected chi connectivity index (χ0v) is 19.0. The van der Waals surface area contributed by atoms with Crippen molar-refractivity contribution < 1.29 is 0 Å². The third kappa shape index (κ3) is 2.33. The monoisotopic (exact) mass is 457 g/mol. The van der Waals surface area contributed by atoms with Crippen molar-refractivity contribution in [1.29, 1.82) is 0 Å². The first kappa shape index (κ1) is 17.7. The van der Waals surface area contributed by atoms with Crippen molar-refractivity contribution in [2.45, 2.75) is 0 Å². The zero-order valence-electron chi connectivity index (χ0n) is 17.3. The minimum atomic E-state index is 0.724. The maximum absolute atomic E-state index is 5.13. The molecule has 0 aliphatic heterocycles. The summed E-state index contributed by atoms with van der Waals surface area (Å²) in [5.41, 5.74) is 3.35. The first-order chi connectivity index (χ1) is 16.4. The molecule has 5 heteroatoms. The Balaban J connectivity index is 1.57. The predicted octanol–water partition coefficient (Wildman–Crippen LogP) is 8.31. The number of para-hydroxylation sites is 1. The van der Waals surface area contributed by atoms with E-state index in [1.807, 2.05) is 17.5 Å². The second kappa shape index (κ2) is 6.38. The van der Waals surface area contributed by atoms with Gasteiger partial charge in [-0.2, -0.15) is 0 Å². The summed E-state index contributed by atoms with van der Waals surface area (Å²) in [5, 5.41) is 6.24. The highest BCUT2D eigenvalue weighted by Gasteiger charge is 2.19. The molecule has 3 nitrogen and oxygen atoms in total. The van der Waals surface area contributed by atoms with Gasteiger partial charge in [0.1, 0.15) is 0 Å². The summed E-state index contributed by atoms with van der Waals surface area (Å²) >= 11 is 3.60. The van der Waals surface area contributed by atoms with E-state index in [1.54, 1.807) is 11.3 Å². The second-order valence-corrected chi connectivity index (χ2v) is 10.4. The molecule has 0 radical (unpaired) electrons. The Morgan fingerprint density at radius 2 is 1.27 bits per heavy atom. The van der Waals surface area contributed by atoms with E-state index < -0.39 is 0 Å². The van der Waals surface area contributed by atoms with Gasteiger partial charge in [0, 0.05) is 36.3 Å². The largest absolute Gasteiger partial charge is 0.276 e. The normalized spacial score (nSPS) is 12.2. The number of benzene rings is 4. The van der Waals surface area contributed by atoms with Crippen LogP contribution >= 0.6 is 22.7 Å². The van der Waals surface area contributed by atoms with Gasteiger partial charge in [-0.25, -0.2) is 9.97 Å². The van der Waals surface area contributed by atoms with Gasteiger partial charge in [-0.3, -0.25) is 4.57 Å². The number of rotatable bonds is 1. The lowest BCUT2D eigenvalue weighted by Crippen LogP contribution is -2.00. The smallest absolute Gasteiger partial charge is 0.235 e. The second-order valence-electron chi connectivity index (χ2n) is 8.27. The van der Waals surface area contributed by atoms with Gasteiger partial charge in [-0.1, -0.05) is 66.7 Å². The number of thiophene rings is 2. The van der Waals surface area contributed by atoms with Crippen LogP contribution in [0, 0.1) is 0 Å². The fraction of sp³-hybridized carbons (Fsp3) is 0. The molecule has 4 aromatic carbocycles. The third-order valence-electron chi connectivity index (χ3n) is 6.48. The molecule has 0 N–H and O–H groups in total. The van der Waals surface area contributed by atoms with Crippen LogP contribution < -0.4 is 0 Å². The van der Waals surface area contributed by atoms with E-state index in [4.69, 9.17) is 9.97 Å². The van der Waals surface area contributed by atoms with Crippen LogP contribution in [0.3, 0.4) is 0 Å². The molecule has 0 saturated heterocycles. The summed E-state index contributed by atoms with van der Waals surface area (Å²) in [4.78, 5) is 10.0. The fourth-order valence-corrected chi connectivity index (χ4v) is 7.30. The molecular weight excluding hydrogens is 442 g/mol. The van der Waals surface area contributed by atoms with Crippen molar-refractivity contribution in [3.63, 3.8) is 0 Å². The number of nitrogens with zero attached hydrogens (tertiary/aromatic N) is 3. The molecule has 0 bridgehead atoms. The zero-order chi connectivity index (χ0) is 21.5. The average Bonchev–Trinajstić information content (AvgIpc) is 3.53. The molecule has 0 unspecified atom stereocenters. The molecule has 154 valence electrons. The van der Waals surface area contributed by atoms with E-state index in [0.717, 1.165) is 21.7 Å². The van der Waals surface area contributed by atoms with Gasteiger partial charge in [0.2, 0.25) is 5.95 Å². The van der Waals surface area contributed by atoms with Gasteiger partial charge >= 0.3 is 0 Å². The fourth-order valence-electron chi connectivity index (χ4n) is 5.05. The van der Waals surface area contributed by atoms with Gasteiger partial charge in [-0.05, 0) is 18.2 Å². The molecule has 0 aliphatic carbocycles. The molecule has 8 aromatic rings. The van der Waals surface area contributed by atoms with E-state index in [1.165, 1.54) is 46.5 Å². The molecular formula is C28H15N3S2. The van der Waals surface area contributed by atoms with Crippen LogP contribution in [0.25, 0.3) is 68.2 Å². The maximum Gasteiger partial charge on any atom is 0.235 e. The molecule has 0 fully saturated rings. The van der Waals surface area contributed by atoms with Crippen LogP contribution in [0.2, 0.25) is 0 Å². The van der Waals surface area contributed by atoms with Crippen molar-refractivity contribution in [2.24, 2.45) is 0 Å². The summed E-state index contributed by atoms with van der Waals surface area (Å²) in [6.07, 6.45) is 1.98. The van der Waals surface area contributed by atoms with Crippen LogP contribution in [0.1, 0.15) is 0 Å². The Morgan fingerprint density at radius 1 is 0.576 bits per heavy atom. The minimum absolute atomic E-state index is 0.724. The Kier molecular flexibility index (Phi) is 3.42. The lowest BCUT2D eigenvalue weighted by molar-refractivity contribution is 1.02. The number of aromatic nitrogens is 3. The van der Waals surface area contributed by atoms with E-state index in [0.29, 0.717) is 0 Å². The molecule has 8 rings (SSSR count). The Morgan fingerprint density at radius 3 is 2.15 bits per heavy atom. The van der Waals surface area contributed by atoms with E-state index >= 15 is 0 Å². The van der Waals surface area contributed by atoms with Crippen LogP contribution in [0.15, 0.2) is 91.1 Å². The standard InChI is InChI=1S/C28H15N3S2/c1-4-10-21-16(7-1)18-13-14-19-17-8-2-5-11-22(17)33-27(19)26(18)31(21)28-29-15-24-25(30-28)20-9-3-6-12-23(20)32-24/h1-15H. The third-order valence-corrected chi connectivity index (χ3v) is 8.77. The van der Waals surface area contributed by atoms with Gasteiger partial charge in [0.25, 0.3) is 0 Å². The first-order valence-electron chi connectivity index (χ1n) is 10.8. The van der Waals surface area contributed by atoms with E-state index in [2.05, 4.69) is 89.5 Å². The van der Waals surface area contributed by atoms with Crippen molar-refractivity contribution in [1.82, 2.24) is 14.5 Å². The quantitative estimate of drug-likeness (QED) is 0.248. The Labute approximate surface area is 196 Å². The average molecular weight is 458 g/mol. The van der Waals surface area contributed by atoms with Crippen molar-refractivity contribution in [3.8, 4) is 5.95 Å². The van der Waals surface area contributed by atoms with Crippen molar-refractivity contribution in [2.75, 3.05) is 0 Å². The minimum Gasteiger partial charge on any atom is -0.276 e. The molecule has 4 heterocycles. The Bertz CT molecular complexity index is 2040. The van der Waals surface area contributed by atoms with E-state index in [-0.39, 0.29) is 0 Å². The van der Waals surface area contributed by atoms with Crippen molar-refractivity contribution >= 4 is 85.0 Å². The number of hydrogen-bond acceptors (Lipinski definition) is 4. The molecule has 0 atom stereocenters. The predicted molar refractivity (Wildman–Crippen MR) is 142 cm³/mol. The highest BCUT2D eigenvalue weighted by Crippen LogP contribution is 2.42. The Hall–Kier alpha value is -3.80. The first-order valence-corrected chi connectivity index (χ1v) is 12.5. The topological polar surface area (TPSA) is 30.7 Å². The lowest BCUT2D eigenvalue weighted by atomic mass is 10.1. The summed E-state index contributed by atoms with van der Waals surface area (Å²) in [5.74, 6) is 0.724. The highest BCUT2D eigenvalue weighted by atomic mass is 32.1. The molecule has 0 saturated carbocycles. The van der Waals surface area contributed by atoms with Crippen LogP contribution in [0.4, 0.5) is 0 Å². The summed E-state index contributed by atoms with van der Waals surface area (Å²) in [7, 11) is 0. The SMILES string of the molecule is c1ccc2c(c1)sc1c2ccc2c3ccccc3n(-c3ncc4sc5ccccc5c4n3)c21. The number of fused-ring (bicyclic) bond motifs is 10. The van der Waals surface area contributed by atoms with Crippen LogP contribution in [0.5, 0.6) is 0 Å². The number of hydrogen-bond donors (Lipinski definition) is 0. The van der Waals surface area contributed by atoms with Gasteiger partial charge < -0.3 is 0 Å². The summed E-state index contributed by atoms with van der Waals surface area (Å²) in [6, 6.07) is 30.2. The molecule has 0 aliphatic rings.